The molecule has 0 bridgehead atoms. The summed E-state index contributed by atoms with van der Waals surface area (Å²) < 4.78 is 0. The molecule has 0 radical (unpaired) electrons. The highest BCUT2D eigenvalue weighted by molar-refractivity contribution is 5.96. The number of likely N-dealkylation sites (tertiary alicyclic amines) is 1. The van der Waals surface area contributed by atoms with Crippen molar-refractivity contribution in [1.29, 1.82) is 5.26 Å². The van der Waals surface area contributed by atoms with E-state index in [-0.39, 0.29) is 11.8 Å². The molecule has 1 saturated heterocycles. The first-order chi connectivity index (χ1) is 16.5. The van der Waals surface area contributed by atoms with Gasteiger partial charge in [-0.2, -0.15) is 5.26 Å². The van der Waals surface area contributed by atoms with Crippen molar-refractivity contribution in [3.8, 4) is 6.07 Å². The first kappa shape index (κ1) is 23.0. The summed E-state index contributed by atoms with van der Waals surface area (Å²) in [6.07, 6.45) is 3.32. The van der Waals surface area contributed by atoms with E-state index >= 15 is 0 Å². The Hall–Kier alpha value is -4.18. The standard InChI is InChI=1S/C27H27N5O2/c1-18-3-6-22(15-24(18)31-25-10-9-23(17-30-25)26(33)29-2)27(34)32-13-11-21(12-14-32)20-7-4-19(16-28)5-8-20/h3-10,15,17,21H,11-14H2,1-2H3,(H,29,33)(H,30,31). The fourth-order valence-corrected chi connectivity index (χ4v) is 4.20. The van der Waals surface area contributed by atoms with Crippen molar-refractivity contribution in [2.24, 2.45) is 0 Å². The number of rotatable bonds is 5. The van der Waals surface area contributed by atoms with Gasteiger partial charge < -0.3 is 15.5 Å². The number of aromatic nitrogens is 1. The van der Waals surface area contributed by atoms with E-state index in [1.807, 2.05) is 54.3 Å². The van der Waals surface area contributed by atoms with Gasteiger partial charge in [-0.1, -0.05) is 18.2 Å². The van der Waals surface area contributed by atoms with Crippen molar-refractivity contribution in [1.82, 2.24) is 15.2 Å². The van der Waals surface area contributed by atoms with Crippen molar-refractivity contribution in [2.45, 2.75) is 25.7 Å². The second kappa shape index (κ2) is 10.2. The average molecular weight is 454 g/mol. The number of nitriles is 1. The van der Waals surface area contributed by atoms with Crippen LogP contribution in [0.25, 0.3) is 0 Å². The van der Waals surface area contributed by atoms with Crippen LogP contribution in [0, 0.1) is 18.3 Å². The lowest BCUT2D eigenvalue weighted by molar-refractivity contribution is 0.0713. The largest absolute Gasteiger partial charge is 0.355 e. The van der Waals surface area contributed by atoms with Crippen molar-refractivity contribution < 1.29 is 9.59 Å². The molecule has 2 aromatic carbocycles. The van der Waals surface area contributed by atoms with Crippen LogP contribution in [0.4, 0.5) is 11.5 Å². The molecule has 172 valence electrons. The van der Waals surface area contributed by atoms with E-state index in [4.69, 9.17) is 5.26 Å². The Morgan fingerprint density at radius 1 is 1.03 bits per heavy atom. The zero-order chi connectivity index (χ0) is 24.1. The minimum absolute atomic E-state index is 0.0178. The van der Waals surface area contributed by atoms with Crippen molar-refractivity contribution >= 4 is 23.3 Å². The van der Waals surface area contributed by atoms with Gasteiger partial charge in [0.05, 0.1) is 17.2 Å². The number of amides is 2. The molecule has 0 unspecified atom stereocenters. The van der Waals surface area contributed by atoms with Crippen LogP contribution in [-0.2, 0) is 0 Å². The van der Waals surface area contributed by atoms with E-state index < -0.39 is 0 Å². The lowest BCUT2D eigenvalue weighted by atomic mass is 9.89. The molecule has 0 atom stereocenters. The van der Waals surface area contributed by atoms with Gasteiger partial charge in [-0.25, -0.2) is 4.98 Å². The zero-order valence-electron chi connectivity index (χ0n) is 19.3. The number of nitrogens with zero attached hydrogens (tertiary/aromatic N) is 3. The van der Waals surface area contributed by atoms with E-state index in [1.54, 1.807) is 19.2 Å². The summed E-state index contributed by atoms with van der Waals surface area (Å²) in [5, 5.41) is 14.8. The Morgan fingerprint density at radius 2 is 1.74 bits per heavy atom. The van der Waals surface area contributed by atoms with Gasteiger partial charge in [-0.15, -0.1) is 0 Å². The Kier molecular flexibility index (Phi) is 6.88. The van der Waals surface area contributed by atoms with Gasteiger partial charge in [0.2, 0.25) is 0 Å². The Bertz CT molecular complexity index is 1220. The molecule has 34 heavy (non-hydrogen) atoms. The molecule has 0 saturated carbocycles. The number of piperidine rings is 1. The highest BCUT2D eigenvalue weighted by Crippen LogP contribution is 2.29. The number of benzene rings is 2. The number of nitrogens with one attached hydrogen (secondary N) is 2. The summed E-state index contributed by atoms with van der Waals surface area (Å²) in [5.74, 6) is 0.828. The predicted molar refractivity (Wildman–Crippen MR) is 131 cm³/mol. The molecular formula is C27H27N5O2. The van der Waals surface area contributed by atoms with Gasteiger partial charge in [-0.3, -0.25) is 9.59 Å². The third-order valence-electron chi connectivity index (χ3n) is 6.29. The maximum absolute atomic E-state index is 13.2. The van der Waals surface area contributed by atoms with Gasteiger partial charge in [0.25, 0.3) is 11.8 Å². The first-order valence-electron chi connectivity index (χ1n) is 11.3. The number of aryl methyl sites for hydroxylation is 1. The topological polar surface area (TPSA) is 98.1 Å². The normalized spacial score (nSPS) is 13.7. The van der Waals surface area contributed by atoms with E-state index in [9.17, 15) is 9.59 Å². The second-order valence-electron chi connectivity index (χ2n) is 8.47. The molecule has 7 nitrogen and oxygen atoms in total. The summed E-state index contributed by atoms with van der Waals surface area (Å²) in [6, 6.07) is 19.0. The highest BCUT2D eigenvalue weighted by atomic mass is 16.2. The number of carbonyl (C=O) groups is 2. The first-order valence-corrected chi connectivity index (χ1v) is 11.3. The molecule has 2 amide bonds. The quantitative estimate of drug-likeness (QED) is 0.597. The van der Waals surface area contributed by atoms with Gasteiger partial charge >= 0.3 is 0 Å². The molecule has 3 aromatic rings. The van der Waals surface area contributed by atoms with Crippen LogP contribution in [0.3, 0.4) is 0 Å². The number of pyridine rings is 1. The zero-order valence-corrected chi connectivity index (χ0v) is 19.3. The molecule has 0 spiro atoms. The van der Waals surface area contributed by atoms with E-state index in [1.165, 1.54) is 11.8 Å². The Labute approximate surface area is 199 Å². The summed E-state index contributed by atoms with van der Waals surface area (Å²) in [4.78, 5) is 31.1. The highest BCUT2D eigenvalue weighted by Gasteiger charge is 2.25. The number of hydrogen-bond donors (Lipinski definition) is 2. The minimum atomic E-state index is -0.189. The van der Waals surface area contributed by atoms with Crippen LogP contribution in [0.5, 0.6) is 0 Å². The van der Waals surface area contributed by atoms with Crippen LogP contribution >= 0.6 is 0 Å². The minimum Gasteiger partial charge on any atom is -0.355 e. The Balaban J connectivity index is 1.41. The molecule has 1 fully saturated rings. The molecule has 1 aliphatic heterocycles. The molecular weight excluding hydrogens is 426 g/mol. The van der Waals surface area contributed by atoms with Crippen LogP contribution < -0.4 is 10.6 Å². The van der Waals surface area contributed by atoms with E-state index in [0.717, 1.165) is 24.1 Å². The number of anilines is 2. The summed E-state index contributed by atoms with van der Waals surface area (Å²) in [6.45, 7) is 3.36. The average Bonchev–Trinajstić information content (AvgIpc) is 2.89. The summed E-state index contributed by atoms with van der Waals surface area (Å²) in [5.41, 5.74) is 4.80. The van der Waals surface area contributed by atoms with Gasteiger partial charge in [-0.05, 0) is 73.2 Å². The maximum Gasteiger partial charge on any atom is 0.253 e. The fraction of sp³-hybridized carbons (Fsp3) is 0.259. The van der Waals surface area contributed by atoms with E-state index in [0.29, 0.717) is 41.5 Å². The fourth-order valence-electron chi connectivity index (χ4n) is 4.20. The van der Waals surface area contributed by atoms with Gasteiger partial charge in [0.15, 0.2) is 0 Å². The van der Waals surface area contributed by atoms with Crippen LogP contribution in [0.2, 0.25) is 0 Å². The lowest BCUT2D eigenvalue weighted by Crippen LogP contribution is -2.37. The smallest absolute Gasteiger partial charge is 0.253 e. The van der Waals surface area contributed by atoms with Gasteiger partial charge in [0, 0.05) is 37.6 Å². The SMILES string of the molecule is CNC(=O)c1ccc(Nc2cc(C(=O)N3CCC(c4ccc(C#N)cc4)CC3)ccc2C)nc1. The van der Waals surface area contributed by atoms with Gasteiger partial charge in [0.1, 0.15) is 5.82 Å². The number of hydrogen-bond acceptors (Lipinski definition) is 5. The van der Waals surface area contributed by atoms with E-state index in [2.05, 4.69) is 21.7 Å². The molecule has 7 heteroatoms. The van der Waals surface area contributed by atoms with Crippen LogP contribution in [-0.4, -0.2) is 41.8 Å². The monoisotopic (exact) mass is 453 g/mol. The van der Waals surface area contributed by atoms with Crippen molar-refractivity contribution in [3.05, 3.63) is 88.6 Å². The van der Waals surface area contributed by atoms with Crippen molar-refractivity contribution in [2.75, 3.05) is 25.5 Å². The Morgan fingerprint density at radius 3 is 2.35 bits per heavy atom. The lowest BCUT2D eigenvalue weighted by Gasteiger charge is -2.32. The second-order valence-corrected chi connectivity index (χ2v) is 8.47. The van der Waals surface area contributed by atoms with Crippen LogP contribution in [0.15, 0.2) is 60.8 Å². The number of carbonyl (C=O) groups excluding carboxylic acids is 2. The molecule has 1 aromatic heterocycles. The molecule has 2 N–H and O–H groups in total. The molecule has 1 aliphatic rings. The van der Waals surface area contributed by atoms with Crippen molar-refractivity contribution in [3.63, 3.8) is 0 Å². The van der Waals surface area contributed by atoms with Crippen LogP contribution in [0.1, 0.15) is 56.2 Å². The molecule has 0 aliphatic carbocycles. The third kappa shape index (κ3) is 5.07. The summed E-state index contributed by atoms with van der Waals surface area (Å²) >= 11 is 0. The predicted octanol–water partition coefficient (Wildman–Crippen LogP) is 4.38. The molecule has 4 rings (SSSR count). The third-order valence-corrected chi connectivity index (χ3v) is 6.29. The maximum atomic E-state index is 13.2. The molecule has 2 heterocycles. The summed E-state index contributed by atoms with van der Waals surface area (Å²) in [7, 11) is 1.58.